The van der Waals surface area contributed by atoms with E-state index >= 15 is 0 Å². The summed E-state index contributed by atoms with van der Waals surface area (Å²) in [7, 11) is 0. The molecule has 0 radical (unpaired) electrons. The van der Waals surface area contributed by atoms with Crippen molar-refractivity contribution in [1.82, 2.24) is 15.5 Å². The lowest BCUT2D eigenvalue weighted by Gasteiger charge is -2.05. The summed E-state index contributed by atoms with van der Waals surface area (Å²) in [6, 6.07) is 8.83. The van der Waals surface area contributed by atoms with Gasteiger partial charge in [-0.3, -0.25) is 5.10 Å². The zero-order valence-electron chi connectivity index (χ0n) is 10.9. The van der Waals surface area contributed by atoms with E-state index in [0.29, 0.717) is 6.04 Å². The van der Waals surface area contributed by atoms with Crippen molar-refractivity contribution in [2.75, 3.05) is 0 Å². The van der Waals surface area contributed by atoms with Crippen LogP contribution in [-0.2, 0) is 6.54 Å². The van der Waals surface area contributed by atoms with Crippen LogP contribution in [0.1, 0.15) is 25.1 Å². The third-order valence-electron chi connectivity index (χ3n) is 2.81. The molecule has 0 aliphatic carbocycles. The van der Waals surface area contributed by atoms with Crippen LogP contribution in [0.3, 0.4) is 0 Å². The number of aromatic amines is 1. The molecule has 0 bridgehead atoms. The summed E-state index contributed by atoms with van der Waals surface area (Å²) in [6.07, 6.45) is 0. The van der Waals surface area contributed by atoms with Gasteiger partial charge in [-0.15, -0.1) is 0 Å². The largest absolute Gasteiger partial charge is 0.309 e. The number of benzene rings is 1. The third kappa shape index (κ3) is 3.21. The van der Waals surface area contributed by atoms with E-state index in [9.17, 15) is 0 Å². The van der Waals surface area contributed by atoms with Gasteiger partial charge in [-0.05, 0) is 30.7 Å². The number of rotatable bonds is 4. The second kappa shape index (κ2) is 5.67. The zero-order valence-corrected chi connectivity index (χ0v) is 12.5. The molecule has 0 aliphatic rings. The maximum atomic E-state index is 4.38. The quantitative estimate of drug-likeness (QED) is 0.905. The van der Waals surface area contributed by atoms with Crippen LogP contribution in [0.2, 0.25) is 0 Å². The molecular formula is C14H18BrN3. The summed E-state index contributed by atoms with van der Waals surface area (Å²) in [6.45, 7) is 7.19. The van der Waals surface area contributed by atoms with E-state index in [0.717, 1.165) is 28.0 Å². The zero-order chi connectivity index (χ0) is 13.1. The lowest BCUT2D eigenvalue weighted by Crippen LogP contribution is -2.21. The first-order valence-corrected chi connectivity index (χ1v) is 6.90. The van der Waals surface area contributed by atoms with E-state index < -0.39 is 0 Å². The minimum atomic E-state index is 0.476. The van der Waals surface area contributed by atoms with Crippen LogP contribution in [-0.4, -0.2) is 16.2 Å². The Morgan fingerprint density at radius 1 is 1.33 bits per heavy atom. The molecule has 2 rings (SSSR count). The Hall–Kier alpha value is -1.13. The van der Waals surface area contributed by atoms with Gasteiger partial charge in [0.15, 0.2) is 0 Å². The summed E-state index contributed by atoms with van der Waals surface area (Å²) in [5.74, 6) is 0. The van der Waals surface area contributed by atoms with Crippen molar-refractivity contribution >= 4 is 15.9 Å². The first kappa shape index (κ1) is 13.3. The van der Waals surface area contributed by atoms with Gasteiger partial charge in [-0.1, -0.05) is 35.8 Å². The maximum absolute atomic E-state index is 4.38. The van der Waals surface area contributed by atoms with Crippen molar-refractivity contribution in [2.45, 2.75) is 33.4 Å². The number of hydrogen-bond donors (Lipinski definition) is 2. The molecule has 0 saturated heterocycles. The molecule has 0 fully saturated rings. The SMILES string of the molecule is Cc1ccc(Br)cc1-c1cc(CNC(C)C)[nH]n1. The smallest absolute Gasteiger partial charge is 0.0927 e. The van der Waals surface area contributed by atoms with E-state index in [2.05, 4.69) is 70.4 Å². The first-order valence-electron chi connectivity index (χ1n) is 6.10. The molecule has 4 heteroatoms. The summed E-state index contributed by atoms with van der Waals surface area (Å²) >= 11 is 3.50. The van der Waals surface area contributed by atoms with Crippen molar-refractivity contribution in [3.8, 4) is 11.3 Å². The summed E-state index contributed by atoms with van der Waals surface area (Å²) in [5.41, 5.74) is 4.50. The second-order valence-corrected chi connectivity index (χ2v) is 5.69. The van der Waals surface area contributed by atoms with Gasteiger partial charge in [0.05, 0.1) is 5.69 Å². The van der Waals surface area contributed by atoms with Gasteiger partial charge in [-0.25, -0.2) is 0 Å². The van der Waals surface area contributed by atoms with Crippen molar-refractivity contribution < 1.29 is 0 Å². The highest BCUT2D eigenvalue weighted by Crippen LogP contribution is 2.25. The van der Waals surface area contributed by atoms with Crippen molar-refractivity contribution in [1.29, 1.82) is 0 Å². The Labute approximate surface area is 116 Å². The van der Waals surface area contributed by atoms with Crippen LogP contribution in [0.15, 0.2) is 28.7 Å². The Kier molecular flexibility index (Phi) is 4.19. The molecule has 1 aromatic heterocycles. The van der Waals surface area contributed by atoms with E-state index in [-0.39, 0.29) is 0 Å². The fraction of sp³-hybridized carbons (Fsp3) is 0.357. The Morgan fingerprint density at radius 3 is 2.83 bits per heavy atom. The molecule has 0 unspecified atom stereocenters. The molecule has 96 valence electrons. The molecule has 1 heterocycles. The van der Waals surface area contributed by atoms with Crippen LogP contribution in [0.5, 0.6) is 0 Å². The Bertz CT molecular complexity index is 532. The fourth-order valence-corrected chi connectivity index (χ4v) is 2.14. The topological polar surface area (TPSA) is 40.7 Å². The number of H-pyrrole nitrogens is 1. The molecule has 2 aromatic rings. The van der Waals surface area contributed by atoms with E-state index in [1.165, 1.54) is 5.56 Å². The molecule has 1 aromatic carbocycles. The van der Waals surface area contributed by atoms with Gasteiger partial charge in [0, 0.05) is 28.3 Å². The average molecular weight is 308 g/mol. The van der Waals surface area contributed by atoms with Crippen LogP contribution < -0.4 is 5.32 Å². The Balaban J connectivity index is 2.21. The van der Waals surface area contributed by atoms with E-state index in [4.69, 9.17) is 0 Å². The van der Waals surface area contributed by atoms with Gasteiger partial charge >= 0.3 is 0 Å². The monoisotopic (exact) mass is 307 g/mol. The van der Waals surface area contributed by atoms with Gasteiger partial charge in [0.25, 0.3) is 0 Å². The van der Waals surface area contributed by atoms with Gasteiger partial charge < -0.3 is 5.32 Å². The predicted octanol–water partition coefficient (Wildman–Crippen LogP) is 3.65. The molecule has 18 heavy (non-hydrogen) atoms. The van der Waals surface area contributed by atoms with E-state index in [1.54, 1.807) is 0 Å². The minimum Gasteiger partial charge on any atom is -0.309 e. The van der Waals surface area contributed by atoms with Crippen LogP contribution in [0.4, 0.5) is 0 Å². The lowest BCUT2D eigenvalue weighted by molar-refractivity contribution is 0.580. The van der Waals surface area contributed by atoms with E-state index in [1.807, 2.05) is 6.07 Å². The summed E-state index contributed by atoms with van der Waals surface area (Å²) in [4.78, 5) is 0. The Morgan fingerprint density at radius 2 is 2.11 bits per heavy atom. The number of halogens is 1. The lowest BCUT2D eigenvalue weighted by atomic mass is 10.1. The molecule has 2 N–H and O–H groups in total. The molecule has 0 saturated carbocycles. The van der Waals surface area contributed by atoms with Crippen LogP contribution in [0.25, 0.3) is 11.3 Å². The van der Waals surface area contributed by atoms with Crippen molar-refractivity contribution in [3.05, 3.63) is 40.0 Å². The summed E-state index contributed by atoms with van der Waals surface area (Å²) < 4.78 is 1.08. The predicted molar refractivity (Wildman–Crippen MR) is 78.4 cm³/mol. The highest BCUT2D eigenvalue weighted by Gasteiger charge is 2.07. The van der Waals surface area contributed by atoms with Gasteiger partial charge in [0.1, 0.15) is 0 Å². The van der Waals surface area contributed by atoms with Crippen molar-refractivity contribution in [3.63, 3.8) is 0 Å². The van der Waals surface area contributed by atoms with Gasteiger partial charge in [-0.2, -0.15) is 5.10 Å². The highest BCUT2D eigenvalue weighted by atomic mass is 79.9. The molecule has 0 spiro atoms. The molecule has 0 atom stereocenters. The normalized spacial score (nSPS) is 11.2. The highest BCUT2D eigenvalue weighted by molar-refractivity contribution is 9.10. The standard InChI is InChI=1S/C14H18BrN3/c1-9(2)16-8-12-7-14(18-17-12)13-6-11(15)5-4-10(13)3/h4-7,9,16H,8H2,1-3H3,(H,17,18). The van der Waals surface area contributed by atoms with Crippen molar-refractivity contribution in [2.24, 2.45) is 0 Å². The number of hydrogen-bond acceptors (Lipinski definition) is 2. The summed E-state index contributed by atoms with van der Waals surface area (Å²) in [5, 5.41) is 10.8. The maximum Gasteiger partial charge on any atom is 0.0927 e. The second-order valence-electron chi connectivity index (χ2n) is 4.77. The fourth-order valence-electron chi connectivity index (χ4n) is 1.77. The third-order valence-corrected chi connectivity index (χ3v) is 3.30. The van der Waals surface area contributed by atoms with Gasteiger partial charge in [0.2, 0.25) is 0 Å². The molecule has 0 amide bonds. The molecule has 3 nitrogen and oxygen atoms in total. The average Bonchev–Trinajstić information content (AvgIpc) is 2.78. The minimum absolute atomic E-state index is 0.476. The molecular weight excluding hydrogens is 290 g/mol. The number of aryl methyl sites for hydroxylation is 1. The number of nitrogens with one attached hydrogen (secondary N) is 2. The molecule has 0 aliphatic heterocycles. The first-order chi connectivity index (χ1) is 8.56. The van der Waals surface area contributed by atoms with Crippen LogP contribution in [0, 0.1) is 6.92 Å². The number of aromatic nitrogens is 2. The van der Waals surface area contributed by atoms with Crippen LogP contribution >= 0.6 is 15.9 Å². The number of nitrogens with zero attached hydrogens (tertiary/aromatic N) is 1.